The second-order valence-corrected chi connectivity index (χ2v) is 8.03. The molecule has 2 aromatic rings. The highest BCUT2D eigenvalue weighted by atomic mass is 32.2. The Hall–Kier alpha value is -2.40. The Morgan fingerprint density at radius 1 is 0.958 bits per heavy atom. The van der Waals surface area contributed by atoms with Crippen molar-refractivity contribution in [2.75, 3.05) is 10.7 Å². The number of nitrogens with zero attached hydrogens (tertiary/aromatic N) is 1. The van der Waals surface area contributed by atoms with Crippen LogP contribution in [-0.4, -0.2) is 26.1 Å². The highest BCUT2D eigenvalue weighted by Gasteiger charge is 2.31. The Morgan fingerprint density at radius 3 is 2.00 bits per heavy atom. The van der Waals surface area contributed by atoms with E-state index in [0.717, 1.165) is 11.1 Å². The van der Waals surface area contributed by atoms with Gasteiger partial charge >= 0.3 is 0 Å². The molecule has 0 unspecified atom stereocenters. The quantitative estimate of drug-likeness (QED) is 0.861. The van der Waals surface area contributed by atoms with Crippen LogP contribution in [0, 0.1) is 13.8 Å². The fourth-order valence-electron chi connectivity index (χ4n) is 2.72. The topological polar surface area (TPSA) is 54.5 Å². The van der Waals surface area contributed by atoms with E-state index in [-0.39, 0.29) is 11.7 Å². The summed E-state index contributed by atoms with van der Waals surface area (Å²) < 4.78 is 23.6. The summed E-state index contributed by atoms with van der Waals surface area (Å²) in [5.41, 5.74) is 3.38. The summed E-state index contributed by atoms with van der Waals surface area (Å²) in [5, 5.41) is 1.20. The first-order chi connectivity index (χ1) is 11.4. The number of carbonyl (C=O) groups excluding carboxylic acids is 1. The lowest BCUT2D eigenvalue weighted by molar-refractivity contribution is 0.0983. The normalized spacial score (nSPS) is 18.5. The monoisotopic (exact) mass is 341 g/mol. The molecular formula is C19H19NO3S. The van der Waals surface area contributed by atoms with E-state index in [2.05, 4.69) is 0 Å². The van der Waals surface area contributed by atoms with E-state index in [9.17, 15) is 13.2 Å². The minimum Gasteiger partial charge on any atom is -0.300 e. The molecule has 0 bridgehead atoms. The maximum atomic E-state index is 13.0. The molecule has 3 rings (SSSR count). The van der Waals surface area contributed by atoms with Crippen LogP contribution in [0.2, 0.25) is 0 Å². The van der Waals surface area contributed by atoms with Crippen molar-refractivity contribution in [1.82, 2.24) is 0 Å². The Morgan fingerprint density at radius 2 is 1.50 bits per heavy atom. The summed E-state index contributed by atoms with van der Waals surface area (Å²) in [5.74, 6) is -0.288. The van der Waals surface area contributed by atoms with Gasteiger partial charge in [-0.15, -0.1) is 0 Å². The van der Waals surface area contributed by atoms with Crippen LogP contribution in [0.25, 0.3) is 0 Å². The lowest BCUT2D eigenvalue weighted by Crippen LogP contribution is -2.41. The molecule has 0 saturated carbocycles. The molecule has 2 aromatic carbocycles. The lowest BCUT2D eigenvalue weighted by Gasteiger charge is -2.28. The molecule has 124 valence electrons. The fraction of sp³-hybridized carbons (Fsp3) is 0.211. The average Bonchev–Trinajstić information content (AvgIpc) is 2.90. The van der Waals surface area contributed by atoms with Crippen molar-refractivity contribution < 1.29 is 13.2 Å². The molecule has 1 aliphatic heterocycles. The molecule has 0 fully saturated rings. The second-order valence-electron chi connectivity index (χ2n) is 6.10. The van der Waals surface area contributed by atoms with Gasteiger partial charge in [0.15, 0.2) is 9.84 Å². The third-order valence-electron chi connectivity index (χ3n) is 4.07. The largest absolute Gasteiger partial charge is 0.300 e. The second kappa shape index (κ2) is 6.24. The summed E-state index contributed by atoms with van der Waals surface area (Å²) in [6.07, 6.45) is 1.58. The third kappa shape index (κ3) is 3.41. The minimum absolute atomic E-state index is 0.0848. The first kappa shape index (κ1) is 16.5. The van der Waals surface area contributed by atoms with E-state index < -0.39 is 15.9 Å². The van der Waals surface area contributed by atoms with Crippen molar-refractivity contribution in [2.24, 2.45) is 0 Å². The van der Waals surface area contributed by atoms with Crippen LogP contribution >= 0.6 is 0 Å². The number of carbonyl (C=O) groups is 1. The molecule has 5 heteroatoms. The standard InChI is InChI=1S/C19H19NO3S/c1-14-3-7-16(8-4-14)19(21)20(17-9-5-15(2)6-10-17)18-11-12-24(22,23)13-18/h3-12,18H,13H2,1-2H3/t18-/m0/s1. The highest BCUT2D eigenvalue weighted by molar-refractivity contribution is 7.94. The SMILES string of the molecule is Cc1ccc(C(=O)N(c2ccc(C)cc2)[C@H]2C=CS(=O)(=O)C2)cc1. The third-order valence-corrected chi connectivity index (χ3v) is 5.45. The van der Waals surface area contributed by atoms with Gasteiger partial charge < -0.3 is 4.90 Å². The van der Waals surface area contributed by atoms with E-state index in [4.69, 9.17) is 0 Å². The summed E-state index contributed by atoms with van der Waals surface area (Å²) in [6.45, 7) is 3.92. The van der Waals surface area contributed by atoms with E-state index >= 15 is 0 Å². The molecule has 0 N–H and O–H groups in total. The smallest absolute Gasteiger partial charge is 0.258 e. The van der Waals surface area contributed by atoms with Crippen LogP contribution in [0.1, 0.15) is 21.5 Å². The molecule has 0 radical (unpaired) electrons. The van der Waals surface area contributed by atoms with Crippen LogP contribution in [0.5, 0.6) is 0 Å². The molecule has 0 aromatic heterocycles. The van der Waals surface area contributed by atoms with Crippen molar-refractivity contribution in [3.8, 4) is 0 Å². The molecule has 1 aliphatic rings. The van der Waals surface area contributed by atoms with E-state index in [1.54, 1.807) is 23.1 Å². The van der Waals surface area contributed by atoms with E-state index in [0.29, 0.717) is 11.3 Å². The van der Waals surface area contributed by atoms with Gasteiger partial charge in [-0.3, -0.25) is 4.79 Å². The molecule has 1 amide bonds. The maximum Gasteiger partial charge on any atom is 0.258 e. The van der Waals surface area contributed by atoms with E-state index in [1.165, 1.54) is 5.41 Å². The predicted molar refractivity (Wildman–Crippen MR) is 95.9 cm³/mol. The summed E-state index contributed by atoms with van der Waals surface area (Å²) in [4.78, 5) is 14.6. The van der Waals surface area contributed by atoms with Crippen LogP contribution in [0.4, 0.5) is 5.69 Å². The van der Waals surface area contributed by atoms with Gasteiger partial charge in [-0.1, -0.05) is 35.4 Å². The zero-order valence-corrected chi connectivity index (χ0v) is 14.5. The molecule has 0 aliphatic carbocycles. The van der Waals surface area contributed by atoms with Crippen molar-refractivity contribution in [3.63, 3.8) is 0 Å². The maximum absolute atomic E-state index is 13.0. The number of anilines is 1. The number of rotatable bonds is 3. The Labute approximate surface area is 142 Å². The van der Waals surface area contributed by atoms with Gasteiger partial charge in [-0.05, 0) is 44.2 Å². The van der Waals surface area contributed by atoms with Gasteiger partial charge in [0.25, 0.3) is 5.91 Å². The van der Waals surface area contributed by atoms with Crippen LogP contribution in [0.3, 0.4) is 0 Å². The first-order valence-corrected chi connectivity index (χ1v) is 9.45. The lowest BCUT2D eigenvalue weighted by atomic mass is 10.1. The zero-order valence-electron chi connectivity index (χ0n) is 13.6. The number of benzene rings is 2. The molecule has 4 nitrogen and oxygen atoms in total. The van der Waals surface area contributed by atoms with E-state index in [1.807, 2.05) is 50.2 Å². The minimum atomic E-state index is -3.25. The Balaban J connectivity index is 2.01. The van der Waals surface area contributed by atoms with Gasteiger partial charge in [-0.2, -0.15) is 0 Å². The first-order valence-electron chi connectivity index (χ1n) is 7.73. The van der Waals surface area contributed by atoms with Crippen molar-refractivity contribution in [3.05, 3.63) is 76.7 Å². The Kier molecular flexibility index (Phi) is 4.28. The van der Waals surface area contributed by atoms with Gasteiger partial charge in [0.2, 0.25) is 0 Å². The molecule has 24 heavy (non-hydrogen) atoms. The van der Waals surface area contributed by atoms with Crippen LogP contribution < -0.4 is 4.90 Å². The van der Waals surface area contributed by atoms with Crippen molar-refractivity contribution in [2.45, 2.75) is 19.9 Å². The molecule has 0 saturated heterocycles. The predicted octanol–water partition coefficient (Wildman–Crippen LogP) is 3.26. The van der Waals surface area contributed by atoms with Crippen molar-refractivity contribution >= 4 is 21.4 Å². The fourth-order valence-corrected chi connectivity index (χ4v) is 3.99. The van der Waals surface area contributed by atoms with Crippen molar-refractivity contribution in [1.29, 1.82) is 0 Å². The number of amides is 1. The summed E-state index contributed by atoms with van der Waals surface area (Å²) >= 11 is 0. The molecule has 0 spiro atoms. The highest BCUT2D eigenvalue weighted by Crippen LogP contribution is 2.25. The average molecular weight is 341 g/mol. The van der Waals surface area contributed by atoms with Gasteiger partial charge in [0.1, 0.15) is 0 Å². The number of hydrogen-bond donors (Lipinski definition) is 0. The van der Waals surface area contributed by atoms with Gasteiger partial charge in [0, 0.05) is 16.7 Å². The van der Waals surface area contributed by atoms with Gasteiger partial charge in [0.05, 0.1) is 11.8 Å². The number of aryl methyl sites for hydroxylation is 2. The summed E-state index contributed by atoms with van der Waals surface area (Å²) in [6, 6.07) is 14.3. The summed E-state index contributed by atoms with van der Waals surface area (Å²) in [7, 11) is -3.25. The molecule has 1 atom stereocenters. The number of sulfone groups is 1. The number of hydrogen-bond acceptors (Lipinski definition) is 3. The molecular weight excluding hydrogens is 322 g/mol. The zero-order chi connectivity index (χ0) is 17.3. The van der Waals surface area contributed by atoms with Gasteiger partial charge in [-0.25, -0.2) is 8.42 Å². The Bertz CT molecular complexity index is 881. The molecule has 1 heterocycles. The van der Waals surface area contributed by atoms with Crippen LogP contribution in [0.15, 0.2) is 60.0 Å². The van der Waals surface area contributed by atoms with Crippen LogP contribution in [-0.2, 0) is 9.84 Å².